The molecule has 5 rings (SSSR count). The zero-order valence-corrected chi connectivity index (χ0v) is 21.0. The summed E-state index contributed by atoms with van der Waals surface area (Å²) in [6, 6.07) is 9.96. The lowest BCUT2D eigenvalue weighted by Crippen LogP contribution is -2.48. The summed E-state index contributed by atoms with van der Waals surface area (Å²) >= 11 is 1.44. The first kappa shape index (κ1) is 23.3. The highest BCUT2D eigenvalue weighted by Crippen LogP contribution is 2.22. The number of ether oxygens (including phenoxy) is 1. The molecule has 184 valence electrons. The Bertz CT molecular complexity index is 1380. The summed E-state index contributed by atoms with van der Waals surface area (Å²) in [6.07, 6.45) is 2.73. The molecule has 0 radical (unpaired) electrons. The predicted octanol–water partition coefficient (Wildman–Crippen LogP) is 3.20. The van der Waals surface area contributed by atoms with Crippen LogP contribution in [0, 0.1) is 0 Å². The number of unbranched alkanes of at least 4 members (excludes halogenated alkanes) is 1. The Kier molecular flexibility index (Phi) is 6.72. The highest BCUT2D eigenvalue weighted by atomic mass is 32.1. The molecule has 0 bridgehead atoms. The van der Waals surface area contributed by atoms with Crippen molar-refractivity contribution in [1.82, 2.24) is 24.1 Å². The minimum atomic E-state index is -0.0132. The van der Waals surface area contributed by atoms with E-state index in [0.717, 1.165) is 48.7 Å². The van der Waals surface area contributed by atoms with Gasteiger partial charge in [-0.25, -0.2) is 0 Å². The van der Waals surface area contributed by atoms with Crippen molar-refractivity contribution in [3.05, 3.63) is 51.9 Å². The third-order valence-corrected chi connectivity index (χ3v) is 7.54. The summed E-state index contributed by atoms with van der Waals surface area (Å²) < 4.78 is 9.62. The van der Waals surface area contributed by atoms with E-state index < -0.39 is 0 Å². The topological polar surface area (TPSA) is 85.0 Å². The molecule has 1 amide bonds. The molecule has 1 aliphatic rings. The Labute approximate surface area is 207 Å². The van der Waals surface area contributed by atoms with Crippen molar-refractivity contribution in [3.63, 3.8) is 0 Å². The summed E-state index contributed by atoms with van der Waals surface area (Å²) in [5.74, 6) is 2.24. The van der Waals surface area contributed by atoms with Gasteiger partial charge in [0.25, 0.3) is 5.56 Å². The molecule has 10 heteroatoms. The van der Waals surface area contributed by atoms with Gasteiger partial charge in [-0.05, 0) is 42.1 Å². The van der Waals surface area contributed by atoms with Gasteiger partial charge in [0.05, 0.1) is 12.6 Å². The molecule has 0 spiro atoms. The number of amides is 1. The number of methoxy groups -OCH3 is 1. The summed E-state index contributed by atoms with van der Waals surface area (Å²) in [5.41, 5.74) is 1.95. The molecule has 1 aliphatic heterocycles. The summed E-state index contributed by atoms with van der Waals surface area (Å²) in [6.45, 7) is 5.69. The monoisotopic (exact) mass is 494 g/mol. The molecule has 9 nitrogen and oxygen atoms in total. The summed E-state index contributed by atoms with van der Waals surface area (Å²) in [7, 11) is 1.66. The molecule has 35 heavy (non-hydrogen) atoms. The molecule has 0 aliphatic carbocycles. The number of hydrogen-bond donors (Lipinski definition) is 0. The van der Waals surface area contributed by atoms with E-state index >= 15 is 0 Å². The maximum absolute atomic E-state index is 13.0. The molecule has 3 aromatic heterocycles. The molecule has 0 atom stereocenters. The third-order valence-electron chi connectivity index (χ3n) is 6.65. The Balaban J connectivity index is 1.27. The van der Waals surface area contributed by atoms with Gasteiger partial charge in [0.1, 0.15) is 16.3 Å². The van der Waals surface area contributed by atoms with Gasteiger partial charge in [0.15, 0.2) is 0 Å². The van der Waals surface area contributed by atoms with Crippen molar-refractivity contribution < 1.29 is 9.53 Å². The smallest absolute Gasteiger partial charge is 0.272 e. The highest BCUT2D eigenvalue weighted by molar-refractivity contribution is 7.17. The largest absolute Gasteiger partial charge is 0.497 e. The molecule has 1 aromatic carbocycles. The first-order valence-corrected chi connectivity index (χ1v) is 13.0. The minimum absolute atomic E-state index is 0.0132. The lowest BCUT2D eigenvalue weighted by atomic mass is 10.2. The molecule has 4 aromatic rings. The van der Waals surface area contributed by atoms with Crippen LogP contribution in [0.4, 0.5) is 5.69 Å². The average Bonchev–Trinajstić information content (AvgIpc) is 3.55. The van der Waals surface area contributed by atoms with E-state index in [9.17, 15) is 9.59 Å². The van der Waals surface area contributed by atoms with Crippen LogP contribution in [0.3, 0.4) is 0 Å². The Morgan fingerprint density at radius 3 is 2.57 bits per heavy atom. The van der Waals surface area contributed by atoms with E-state index in [0.29, 0.717) is 43.0 Å². The van der Waals surface area contributed by atoms with Crippen LogP contribution in [0.5, 0.6) is 5.75 Å². The number of benzene rings is 1. The van der Waals surface area contributed by atoms with Gasteiger partial charge in [-0.1, -0.05) is 13.3 Å². The van der Waals surface area contributed by atoms with Crippen molar-refractivity contribution in [3.8, 4) is 5.75 Å². The number of nitrogens with zero attached hydrogens (tertiary/aromatic N) is 6. The van der Waals surface area contributed by atoms with Crippen LogP contribution < -0.4 is 15.2 Å². The number of anilines is 1. The quantitative estimate of drug-likeness (QED) is 0.374. The van der Waals surface area contributed by atoms with Crippen molar-refractivity contribution in [2.75, 3.05) is 38.2 Å². The standard InChI is InChI=1S/C25H30N6O3S/c1-3-4-12-30-24(33)23-20(11-17-35-23)31-21(26-27-25(30)31)9-10-22(32)29-15-13-28(14-16-29)18-5-7-19(34-2)8-6-18/h5-8,11,17H,3-4,9-10,12-16H2,1-2H3. The first-order valence-electron chi connectivity index (χ1n) is 12.1. The number of carbonyl (C=O) groups is 1. The van der Waals surface area contributed by atoms with Crippen LogP contribution in [0.2, 0.25) is 0 Å². The maximum Gasteiger partial charge on any atom is 0.272 e. The number of aryl methyl sites for hydroxylation is 2. The Morgan fingerprint density at radius 2 is 1.86 bits per heavy atom. The van der Waals surface area contributed by atoms with E-state index in [4.69, 9.17) is 4.74 Å². The van der Waals surface area contributed by atoms with E-state index in [2.05, 4.69) is 34.2 Å². The normalized spacial score (nSPS) is 14.2. The molecule has 0 saturated carbocycles. The highest BCUT2D eigenvalue weighted by Gasteiger charge is 2.23. The molecular weight excluding hydrogens is 464 g/mol. The van der Waals surface area contributed by atoms with Crippen LogP contribution in [0.15, 0.2) is 40.5 Å². The predicted molar refractivity (Wildman–Crippen MR) is 138 cm³/mol. The van der Waals surface area contributed by atoms with Crippen LogP contribution in [0.1, 0.15) is 32.0 Å². The molecule has 1 saturated heterocycles. The zero-order valence-electron chi connectivity index (χ0n) is 20.1. The van der Waals surface area contributed by atoms with Crippen molar-refractivity contribution in [2.24, 2.45) is 0 Å². The van der Waals surface area contributed by atoms with Crippen molar-refractivity contribution in [1.29, 1.82) is 0 Å². The number of hydrogen-bond acceptors (Lipinski definition) is 7. The summed E-state index contributed by atoms with van der Waals surface area (Å²) in [4.78, 5) is 30.2. The number of rotatable bonds is 8. The second kappa shape index (κ2) is 10.1. The number of fused-ring (bicyclic) bond motifs is 3. The number of piperazine rings is 1. The van der Waals surface area contributed by atoms with Gasteiger partial charge in [0, 0.05) is 51.3 Å². The number of thiophene rings is 1. The lowest BCUT2D eigenvalue weighted by Gasteiger charge is -2.36. The lowest BCUT2D eigenvalue weighted by molar-refractivity contribution is -0.131. The fraction of sp³-hybridized carbons (Fsp3) is 0.440. The van der Waals surface area contributed by atoms with Crippen LogP contribution >= 0.6 is 11.3 Å². The molecule has 1 fully saturated rings. The zero-order chi connectivity index (χ0) is 24.4. The second-order valence-corrected chi connectivity index (χ2v) is 9.68. The van der Waals surface area contributed by atoms with Gasteiger partial charge < -0.3 is 14.5 Å². The molecule has 4 heterocycles. The number of aromatic nitrogens is 4. The van der Waals surface area contributed by atoms with Gasteiger partial charge in [-0.15, -0.1) is 21.5 Å². The summed E-state index contributed by atoms with van der Waals surface area (Å²) in [5, 5.41) is 10.7. The van der Waals surface area contributed by atoms with Crippen molar-refractivity contribution >= 4 is 38.9 Å². The fourth-order valence-electron chi connectivity index (χ4n) is 4.64. The van der Waals surface area contributed by atoms with Crippen LogP contribution in [-0.2, 0) is 17.8 Å². The second-order valence-electron chi connectivity index (χ2n) is 8.76. The van der Waals surface area contributed by atoms with E-state index in [1.807, 2.05) is 32.9 Å². The fourth-order valence-corrected chi connectivity index (χ4v) is 5.47. The van der Waals surface area contributed by atoms with Gasteiger partial charge in [-0.2, -0.15) is 0 Å². The minimum Gasteiger partial charge on any atom is -0.497 e. The first-order chi connectivity index (χ1) is 17.1. The molecule has 0 N–H and O–H groups in total. The van der Waals surface area contributed by atoms with E-state index in [1.165, 1.54) is 11.3 Å². The Morgan fingerprint density at radius 1 is 1.09 bits per heavy atom. The average molecular weight is 495 g/mol. The van der Waals surface area contributed by atoms with Crippen molar-refractivity contribution in [2.45, 2.75) is 39.2 Å². The van der Waals surface area contributed by atoms with E-state index in [-0.39, 0.29) is 11.5 Å². The SMILES string of the molecule is CCCCn1c(=O)c2sccc2n2c(CCC(=O)N3CCN(c4ccc(OC)cc4)CC3)nnc12. The van der Waals surface area contributed by atoms with Gasteiger partial charge in [-0.3, -0.25) is 18.6 Å². The molecule has 0 unspecified atom stereocenters. The van der Waals surface area contributed by atoms with Crippen LogP contribution in [-0.4, -0.2) is 63.3 Å². The molecular formula is C25H30N6O3S. The third kappa shape index (κ3) is 4.50. The van der Waals surface area contributed by atoms with Gasteiger partial charge in [0.2, 0.25) is 11.7 Å². The van der Waals surface area contributed by atoms with E-state index in [1.54, 1.807) is 11.7 Å². The number of carbonyl (C=O) groups excluding carboxylic acids is 1. The Hall–Kier alpha value is -3.40. The van der Waals surface area contributed by atoms with Crippen LogP contribution in [0.25, 0.3) is 16.0 Å². The van der Waals surface area contributed by atoms with Gasteiger partial charge >= 0.3 is 0 Å². The maximum atomic E-state index is 13.0.